The molecule has 114 valence electrons. The number of hydrogen-bond donors (Lipinski definition) is 2. The average molecular weight is 269 g/mol. The highest BCUT2D eigenvalue weighted by atomic mass is 16.3. The Hall–Kier alpha value is -0.760. The molecule has 3 N–H and O–H groups in total. The maximum atomic E-state index is 9.45. The van der Waals surface area contributed by atoms with Crippen molar-refractivity contribution in [1.82, 2.24) is 0 Å². The second-order valence-corrected chi connectivity index (χ2v) is 5.97. The van der Waals surface area contributed by atoms with E-state index in [9.17, 15) is 5.11 Å². The summed E-state index contributed by atoms with van der Waals surface area (Å²) in [6.07, 6.45) is 5.47. The molecule has 0 fully saturated rings. The number of hydrogen-bond acceptors (Lipinski definition) is 2. The van der Waals surface area contributed by atoms with Gasteiger partial charge in [-0.3, -0.25) is 0 Å². The smallest absolute Gasteiger partial charge is 0.0919 e. The van der Waals surface area contributed by atoms with Gasteiger partial charge in [-0.15, -0.1) is 0 Å². The van der Waals surface area contributed by atoms with Gasteiger partial charge in [0.2, 0.25) is 0 Å². The summed E-state index contributed by atoms with van der Waals surface area (Å²) in [6.45, 7) is 16.6. The predicted octanol–water partition coefficient (Wildman–Crippen LogP) is 5.21. The second-order valence-electron chi connectivity index (χ2n) is 5.97. The summed E-state index contributed by atoms with van der Waals surface area (Å²) in [5.41, 5.74) is 7.24. The Morgan fingerprint density at radius 3 is 2.00 bits per heavy atom. The van der Waals surface area contributed by atoms with Gasteiger partial charge in [0.05, 0.1) is 5.76 Å². The van der Waals surface area contributed by atoms with Gasteiger partial charge in [0.1, 0.15) is 0 Å². The second kappa shape index (κ2) is 10.1. The summed E-state index contributed by atoms with van der Waals surface area (Å²) in [5.74, 6) is 1.46. The summed E-state index contributed by atoms with van der Waals surface area (Å²) in [5, 5.41) is 9.45. The van der Waals surface area contributed by atoms with Crippen LogP contribution in [0.1, 0.15) is 68.2 Å². The summed E-state index contributed by atoms with van der Waals surface area (Å²) >= 11 is 0. The van der Waals surface area contributed by atoms with Crippen molar-refractivity contribution in [3.05, 3.63) is 23.5 Å². The van der Waals surface area contributed by atoms with E-state index in [4.69, 9.17) is 5.73 Å². The Morgan fingerprint density at radius 2 is 1.68 bits per heavy atom. The summed E-state index contributed by atoms with van der Waals surface area (Å²) in [6, 6.07) is 0. The van der Waals surface area contributed by atoms with Crippen molar-refractivity contribution in [2.24, 2.45) is 17.6 Å². The van der Waals surface area contributed by atoms with Crippen molar-refractivity contribution in [2.45, 2.75) is 73.8 Å². The molecule has 0 aromatic carbocycles. The lowest BCUT2D eigenvalue weighted by Gasteiger charge is -2.29. The molecule has 0 bridgehead atoms. The zero-order valence-corrected chi connectivity index (χ0v) is 14.2. The number of rotatable bonds is 6. The maximum Gasteiger partial charge on any atom is 0.0919 e. The van der Waals surface area contributed by atoms with Gasteiger partial charge in [0.15, 0.2) is 0 Å². The van der Waals surface area contributed by atoms with E-state index in [1.807, 2.05) is 26.8 Å². The lowest BCUT2D eigenvalue weighted by molar-refractivity contribution is 0.327. The zero-order chi connectivity index (χ0) is 15.6. The molecular weight excluding hydrogens is 234 g/mol. The van der Waals surface area contributed by atoms with E-state index in [1.165, 1.54) is 5.57 Å². The minimum Gasteiger partial charge on any atom is -0.512 e. The predicted molar refractivity (Wildman–Crippen MR) is 87.3 cm³/mol. The molecule has 0 aliphatic heterocycles. The number of nitrogens with two attached hydrogens (primary N) is 1. The van der Waals surface area contributed by atoms with E-state index in [1.54, 1.807) is 6.08 Å². The van der Waals surface area contributed by atoms with Crippen molar-refractivity contribution < 1.29 is 5.11 Å². The highest BCUT2D eigenvalue weighted by molar-refractivity contribution is 5.16. The molecule has 19 heavy (non-hydrogen) atoms. The van der Waals surface area contributed by atoms with Crippen LogP contribution < -0.4 is 5.73 Å². The Bertz CT molecular complexity index is 282. The molecule has 0 heterocycles. The van der Waals surface area contributed by atoms with Gasteiger partial charge >= 0.3 is 0 Å². The number of aliphatic hydroxyl groups excluding tert-OH is 1. The van der Waals surface area contributed by atoms with Gasteiger partial charge < -0.3 is 10.8 Å². The third kappa shape index (κ3) is 10.8. The SMILES string of the molecule is CC.CC/C(O)=C\C=C(/C)C(CC(C)(C)N)C(C)C. The molecule has 0 rings (SSSR count). The molecule has 1 atom stereocenters. The molecule has 0 aromatic heterocycles. The van der Waals surface area contributed by atoms with Crippen LogP contribution in [0.3, 0.4) is 0 Å². The molecule has 0 amide bonds. The van der Waals surface area contributed by atoms with E-state index in [0.717, 1.165) is 6.42 Å². The molecular formula is C17H35NO. The largest absolute Gasteiger partial charge is 0.512 e. The molecule has 0 aliphatic rings. The van der Waals surface area contributed by atoms with Gasteiger partial charge in [-0.1, -0.05) is 46.3 Å². The number of aliphatic hydroxyl groups is 1. The Morgan fingerprint density at radius 1 is 1.21 bits per heavy atom. The van der Waals surface area contributed by atoms with Crippen LogP contribution in [0.25, 0.3) is 0 Å². The van der Waals surface area contributed by atoms with E-state index < -0.39 is 0 Å². The fourth-order valence-electron chi connectivity index (χ4n) is 1.96. The zero-order valence-electron chi connectivity index (χ0n) is 14.2. The summed E-state index contributed by atoms with van der Waals surface area (Å²) < 4.78 is 0. The molecule has 0 saturated heterocycles. The van der Waals surface area contributed by atoms with E-state index in [2.05, 4.69) is 34.6 Å². The Balaban J connectivity index is 0. The minimum absolute atomic E-state index is 0.152. The highest BCUT2D eigenvalue weighted by Gasteiger charge is 2.22. The maximum absolute atomic E-state index is 9.45. The van der Waals surface area contributed by atoms with Crippen LogP contribution in [0, 0.1) is 11.8 Å². The van der Waals surface area contributed by atoms with Crippen LogP contribution >= 0.6 is 0 Å². The monoisotopic (exact) mass is 269 g/mol. The topological polar surface area (TPSA) is 46.2 Å². The summed E-state index contributed by atoms with van der Waals surface area (Å²) in [4.78, 5) is 0. The van der Waals surface area contributed by atoms with E-state index in [-0.39, 0.29) is 5.54 Å². The van der Waals surface area contributed by atoms with Crippen LogP contribution in [0.15, 0.2) is 23.5 Å². The first-order valence-electron chi connectivity index (χ1n) is 7.52. The molecule has 0 saturated carbocycles. The molecule has 0 radical (unpaired) electrons. The lowest BCUT2D eigenvalue weighted by Crippen LogP contribution is -2.36. The van der Waals surface area contributed by atoms with Crippen LogP contribution in [-0.2, 0) is 0 Å². The third-order valence-electron chi connectivity index (χ3n) is 3.04. The van der Waals surface area contributed by atoms with Crippen LogP contribution in [0.5, 0.6) is 0 Å². The third-order valence-corrected chi connectivity index (χ3v) is 3.04. The molecule has 0 spiro atoms. The number of allylic oxidation sites excluding steroid dienone is 4. The fraction of sp³-hybridized carbons (Fsp3) is 0.765. The fourth-order valence-corrected chi connectivity index (χ4v) is 1.96. The quantitative estimate of drug-likeness (QED) is 0.513. The molecule has 0 aromatic rings. The van der Waals surface area contributed by atoms with Gasteiger partial charge in [-0.25, -0.2) is 0 Å². The first-order valence-corrected chi connectivity index (χ1v) is 7.52. The molecule has 0 aliphatic carbocycles. The Kier molecular flexibility index (Phi) is 10.9. The van der Waals surface area contributed by atoms with Crippen molar-refractivity contribution in [1.29, 1.82) is 0 Å². The first kappa shape index (κ1) is 20.6. The van der Waals surface area contributed by atoms with E-state index in [0.29, 0.717) is 24.0 Å². The van der Waals surface area contributed by atoms with Crippen LogP contribution in [0.2, 0.25) is 0 Å². The van der Waals surface area contributed by atoms with Crippen molar-refractivity contribution in [2.75, 3.05) is 0 Å². The van der Waals surface area contributed by atoms with E-state index >= 15 is 0 Å². The normalized spacial score (nSPS) is 15.1. The standard InChI is InChI=1S/C15H29NO.C2H6/c1-7-13(17)9-8-12(4)14(11(2)3)10-15(5,6)16;1-2/h8-9,11,14,17H,7,10,16H2,1-6H3;1-2H3/b12-8+,13-9+;. The molecule has 1 unspecified atom stereocenters. The van der Waals surface area contributed by atoms with Gasteiger partial charge in [0, 0.05) is 12.0 Å². The van der Waals surface area contributed by atoms with Gasteiger partial charge in [-0.2, -0.15) is 0 Å². The lowest BCUT2D eigenvalue weighted by atomic mass is 9.80. The molecule has 2 nitrogen and oxygen atoms in total. The Labute approximate surface area is 120 Å². The van der Waals surface area contributed by atoms with Crippen molar-refractivity contribution >= 4 is 0 Å². The minimum atomic E-state index is -0.152. The molecule has 2 heteroatoms. The van der Waals surface area contributed by atoms with Gasteiger partial charge in [0.25, 0.3) is 0 Å². The summed E-state index contributed by atoms with van der Waals surface area (Å²) in [7, 11) is 0. The highest BCUT2D eigenvalue weighted by Crippen LogP contribution is 2.28. The average Bonchev–Trinajstić information content (AvgIpc) is 2.33. The first-order chi connectivity index (χ1) is 8.67. The van der Waals surface area contributed by atoms with Crippen LogP contribution in [-0.4, -0.2) is 10.6 Å². The van der Waals surface area contributed by atoms with Crippen molar-refractivity contribution in [3.63, 3.8) is 0 Å². The van der Waals surface area contributed by atoms with Gasteiger partial charge in [-0.05, 0) is 45.1 Å². The van der Waals surface area contributed by atoms with Crippen LogP contribution in [0.4, 0.5) is 0 Å². The van der Waals surface area contributed by atoms with Crippen molar-refractivity contribution in [3.8, 4) is 0 Å².